The second-order valence-electron chi connectivity index (χ2n) is 8.77. The molecule has 3 aromatic carbocycles. The number of fused-ring (bicyclic) bond motifs is 2. The van der Waals surface area contributed by atoms with E-state index < -0.39 is 5.97 Å². The number of carboxylic acids is 1. The number of rotatable bonds is 5. The lowest BCUT2D eigenvalue weighted by atomic mass is 9.92. The van der Waals surface area contributed by atoms with Crippen molar-refractivity contribution >= 4 is 27.8 Å². The highest BCUT2D eigenvalue weighted by Gasteiger charge is 2.24. The Balaban J connectivity index is 1.92. The van der Waals surface area contributed by atoms with Gasteiger partial charge in [0.25, 0.3) is 0 Å². The van der Waals surface area contributed by atoms with Crippen molar-refractivity contribution in [1.29, 1.82) is 0 Å². The SMILES string of the molecule is Cc1ccc(CC(=O)O)cc1-c1c(C(C)C)n(-c2ccc(F)cc2)c2cc3cn[nH]c3cc12. The molecule has 5 aromatic rings. The van der Waals surface area contributed by atoms with Gasteiger partial charge >= 0.3 is 5.97 Å². The molecule has 0 bridgehead atoms. The van der Waals surface area contributed by atoms with Gasteiger partial charge in [-0.05, 0) is 65.9 Å². The van der Waals surface area contributed by atoms with E-state index in [-0.39, 0.29) is 18.2 Å². The number of aliphatic carboxylic acids is 1. The van der Waals surface area contributed by atoms with Gasteiger partial charge in [-0.1, -0.05) is 32.0 Å². The zero-order valence-electron chi connectivity index (χ0n) is 18.7. The Morgan fingerprint density at radius 3 is 2.58 bits per heavy atom. The molecular formula is C27H24FN3O2. The van der Waals surface area contributed by atoms with Gasteiger partial charge in [-0.3, -0.25) is 9.89 Å². The zero-order valence-corrected chi connectivity index (χ0v) is 18.7. The number of carboxylic acid groups (broad SMARTS) is 1. The van der Waals surface area contributed by atoms with Crippen LogP contribution in [0.1, 0.15) is 36.6 Å². The second-order valence-corrected chi connectivity index (χ2v) is 8.77. The summed E-state index contributed by atoms with van der Waals surface area (Å²) in [6.45, 7) is 6.32. The molecule has 166 valence electrons. The fourth-order valence-corrected chi connectivity index (χ4v) is 4.67. The largest absolute Gasteiger partial charge is 0.481 e. The van der Waals surface area contributed by atoms with E-state index in [1.54, 1.807) is 18.3 Å². The average molecular weight is 442 g/mol. The van der Waals surface area contributed by atoms with Gasteiger partial charge in [0.15, 0.2) is 0 Å². The summed E-state index contributed by atoms with van der Waals surface area (Å²) in [4.78, 5) is 11.4. The first-order valence-corrected chi connectivity index (χ1v) is 10.9. The summed E-state index contributed by atoms with van der Waals surface area (Å²) in [6.07, 6.45) is 1.76. The van der Waals surface area contributed by atoms with Crippen LogP contribution < -0.4 is 0 Å². The quantitative estimate of drug-likeness (QED) is 0.333. The van der Waals surface area contributed by atoms with E-state index in [9.17, 15) is 14.3 Å². The summed E-state index contributed by atoms with van der Waals surface area (Å²) in [5, 5.41) is 18.6. The van der Waals surface area contributed by atoms with E-state index >= 15 is 0 Å². The number of hydrogen-bond acceptors (Lipinski definition) is 2. The molecule has 0 aliphatic rings. The molecule has 5 rings (SSSR count). The topological polar surface area (TPSA) is 70.9 Å². The molecule has 33 heavy (non-hydrogen) atoms. The summed E-state index contributed by atoms with van der Waals surface area (Å²) in [5.74, 6) is -0.991. The summed E-state index contributed by atoms with van der Waals surface area (Å²) in [6, 6.07) is 16.6. The average Bonchev–Trinajstić information content (AvgIpc) is 3.35. The van der Waals surface area contributed by atoms with E-state index in [1.807, 2.05) is 25.1 Å². The molecule has 0 saturated heterocycles. The highest BCUT2D eigenvalue weighted by molar-refractivity contribution is 6.06. The third-order valence-corrected chi connectivity index (χ3v) is 6.12. The maximum atomic E-state index is 13.7. The van der Waals surface area contributed by atoms with E-state index in [0.717, 1.165) is 55.4 Å². The molecule has 0 amide bonds. The smallest absolute Gasteiger partial charge is 0.307 e. The fourth-order valence-electron chi connectivity index (χ4n) is 4.67. The number of aromatic nitrogens is 3. The number of H-pyrrole nitrogens is 1. The Kier molecular flexibility index (Phi) is 5.01. The lowest BCUT2D eigenvalue weighted by Crippen LogP contribution is -2.04. The highest BCUT2D eigenvalue weighted by Crippen LogP contribution is 2.43. The van der Waals surface area contributed by atoms with E-state index in [1.165, 1.54) is 12.1 Å². The molecule has 2 aromatic heterocycles. The van der Waals surface area contributed by atoms with E-state index in [2.05, 4.69) is 40.7 Å². The van der Waals surface area contributed by atoms with Crippen LogP contribution >= 0.6 is 0 Å². The predicted molar refractivity (Wildman–Crippen MR) is 128 cm³/mol. The zero-order chi connectivity index (χ0) is 23.3. The molecule has 2 heterocycles. The Labute approximate surface area is 190 Å². The number of hydrogen-bond donors (Lipinski definition) is 2. The van der Waals surface area contributed by atoms with Crippen LogP contribution in [0.25, 0.3) is 38.6 Å². The molecule has 0 atom stereocenters. The molecule has 0 unspecified atom stereocenters. The minimum atomic E-state index is -0.859. The van der Waals surface area contributed by atoms with Crippen molar-refractivity contribution < 1.29 is 14.3 Å². The van der Waals surface area contributed by atoms with Crippen molar-refractivity contribution in [2.45, 2.75) is 33.1 Å². The molecular weight excluding hydrogens is 417 g/mol. The van der Waals surface area contributed by atoms with Crippen molar-refractivity contribution in [2.24, 2.45) is 0 Å². The van der Waals surface area contributed by atoms with E-state index in [4.69, 9.17) is 0 Å². The number of halogens is 1. The first-order chi connectivity index (χ1) is 15.8. The number of nitrogens with zero attached hydrogens (tertiary/aromatic N) is 2. The lowest BCUT2D eigenvalue weighted by molar-refractivity contribution is -0.136. The van der Waals surface area contributed by atoms with Crippen LogP contribution in [0.15, 0.2) is 60.8 Å². The molecule has 0 radical (unpaired) electrons. The van der Waals surface area contributed by atoms with Gasteiger partial charge in [-0.2, -0.15) is 5.10 Å². The molecule has 5 nitrogen and oxygen atoms in total. The first-order valence-electron chi connectivity index (χ1n) is 10.9. The van der Waals surface area contributed by atoms with Gasteiger partial charge in [-0.25, -0.2) is 4.39 Å². The van der Waals surface area contributed by atoms with Crippen LogP contribution in [0.3, 0.4) is 0 Å². The molecule has 0 saturated carbocycles. The Hall–Kier alpha value is -3.93. The standard InChI is InChI=1S/C27H24FN3O2/c1-15(2)27-26(21-10-17(11-25(32)33)5-4-16(21)3)22-13-23-18(14-29-30-23)12-24(22)31(27)20-8-6-19(28)7-9-20/h4-10,12-15H,11H2,1-3H3,(H,29,30)(H,32,33). The van der Waals surface area contributed by atoms with Crippen molar-refractivity contribution in [3.05, 3.63) is 83.4 Å². The molecule has 6 heteroatoms. The fraction of sp³-hybridized carbons (Fsp3) is 0.185. The lowest BCUT2D eigenvalue weighted by Gasteiger charge is -2.17. The van der Waals surface area contributed by atoms with Crippen LogP contribution in [0.2, 0.25) is 0 Å². The number of benzene rings is 3. The third kappa shape index (κ3) is 3.57. The Morgan fingerprint density at radius 1 is 1.12 bits per heavy atom. The van der Waals surface area contributed by atoms with Crippen molar-refractivity contribution in [3.63, 3.8) is 0 Å². The summed E-state index contributed by atoms with van der Waals surface area (Å²) in [7, 11) is 0. The van der Waals surface area contributed by atoms with Crippen molar-refractivity contribution in [1.82, 2.24) is 14.8 Å². The van der Waals surface area contributed by atoms with E-state index in [0.29, 0.717) is 0 Å². The minimum absolute atomic E-state index is 0.0360. The summed E-state index contributed by atoms with van der Waals surface area (Å²) >= 11 is 0. The van der Waals surface area contributed by atoms with Crippen LogP contribution in [0, 0.1) is 12.7 Å². The number of carbonyl (C=O) groups is 1. The Morgan fingerprint density at radius 2 is 1.88 bits per heavy atom. The van der Waals surface area contributed by atoms with Gasteiger partial charge in [0.2, 0.25) is 0 Å². The van der Waals surface area contributed by atoms with Gasteiger partial charge < -0.3 is 9.67 Å². The Bertz CT molecular complexity index is 1510. The van der Waals surface area contributed by atoms with Crippen molar-refractivity contribution in [2.75, 3.05) is 0 Å². The monoisotopic (exact) mass is 441 g/mol. The minimum Gasteiger partial charge on any atom is -0.481 e. The first kappa shape index (κ1) is 20.9. The summed E-state index contributed by atoms with van der Waals surface area (Å²) in [5.41, 5.74) is 7.77. The molecule has 0 aliphatic heterocycles. The van der Waals surface area contributed by atoms with Gasteiger partial charge in [0.05, 0.1) is 23.7 Å². The van der Waals surface area contributed by atoms with Crippen LogP contribution in [-0.4, -0.2) is 25.8 Å². The second kappa shape index (κ2) is 7.89. The third-order valence-electron chi connectivity index (χ3n) is 6.12. The van der Waals surface area contributed by atoms with Crippen LogP contribution in [-0.2, 0) is 11.2 Å². The van der Waals surface area contributed by atoms with Crippen LogP contribution in [0.5, 0.6) is 0 Å². The van der Waals surface area contributed by atoms with Crippen LogP contribution in [0.4, 0.5) is 4.39 Å². The maximum Gasteiger partial charge on any atom is 0.307 e. The maximum absolute atomic E-state index is 13.7. The summed E-state index contributed by atoms with van der Waals surface area (Å²) < 4.78 is 15.9. The number of aryl methyl sites for hydroxylation is 1. The normalized spacial score (nSPS) is 11.7. The molecule has 0 spiro atoms. The van der Waals surface area contributed by atoms with Crippen molar-refractivity contribution in [3.8, 4) is 16.8 Å². The van der Waals surface area contributed by atoms with Gasteiger partial charge in [-0.15, -0.1) is 0 Å². The molecule has 0 fully saturated rings. The molecule has 0 aliphatic carbocycles. The number of nitrogens with one attached hydrogen (secondary N) is 1. The molecule has 2 N–H and O–H groups in total. The predicted octanol–water partition coefficient (Wildman–Crippen LogP) is 6.37. The highest BCUT2D eigenvalue weighted by atomic mass is 19.1. The number of aromatic amines is 1. The van der Waals surface area contributed by atoms with Gasteiger partial charge in [0.1, 0.15) is 5.82 Å². The van der Waals surface area contributed by atoms with Gasteiger partial charge in [0, 0.05) is 27.7 Å².